The zero-order valence-electron chi connectivity index (χ0n) is 22.5. The highest BCUT2D eigenvalue weighted by Crippen LogP contribution is 2.68. The van der Waals surface area contributed by atoms with Gasteiger partial charge in [-0.2, -0.15) is 0 Å². The molecule has 4 nitrogen and oxygen atoms in total. The van der Waals surface area contributed by atoms with Crippen LogP contribution in [0.3, 0.4) is 0 Å². The number of hydrogen-bond acceptors (Lipinski definition) is 4. The third-order valence-electron chi connectivity index (χ3n) is 10.1. The summed E-state index contributed by atoms with van der Waals surface area (Å²) in [5.41, 5.74) is 3.27. The fraction of sp³-hybridized carbons (Fsp3) is 0.806. The fourth-order valence-corrected chi connectivity index (χ4v) is 8.11. The van der Waals surface area contributed by atoms with Gasteiger partial charge in [-0.25, -0.2) is 0 Å². The zero-order chi connectivity index (χ0) is 25.3. The average Bonchev–Trinajstić information content (AvgIpc) is 3.48. The van der Waals surface area contributed by atoms with Gasteiger partial charge in [-0.3, -0.25) is 0 Å². The van der Waals surface area contributed by atoms with Crippen LogP contribution in [0.2, 0.25) is 0 Å². The molecular formula is C31H50O4. The number of hydrogen-bond donors (Lipinski definition) is 3. The number of rotatable bonds is 10. The van der Waals surface area contributed by atoms with Crippen molar-refractivity contribution in [2.75, 3.05) is 13.2 Å². The minimum absolute atomic E-state index is 0.301. The van der Waals surface area contributed by atoms with Crippen LogP contribution in [0.5, 0.6) is 0 Å². The third kappa shape index (κ3) is 5.66. The van der Waals surface area contributed by atoms with Crippen LogP contribution in [0.4, 0.5) is 0 Å². The SMILES string of the molecule is C=C1/C(=C\C=C2/CCC[C@]3(C)[C@@H](C4(COCC(O)(CCC)CCC)CC4)CC[C@@H]23)C[C@@H](O)C[C@@H]1O. The lowest BCUT2D eigenvalue weighted by Crippen LogP contribution is -2.40. The maximum Gasteiger partial charge on any atom is 0.0880 e. The first-order chi connectivity index (χ1) is 16.7. The van der Waals surface area contributed by atoms with Crippen molar-refractivity contribution < 1.29 is 20.1 Å². The monoisotopic (exact) mass is 486 g/mol. The predicted octanol–water partition coefficient (Wildman–Crippen LogP) is 6.26. The summed E-state index contributed by atoms with van der Waals surface area (Å²) in [5, 5.41) is 31.3. The van der Waals surface area contributed by atoms with Gasteiger partial charge in [0.15, 0.2) is 0 Å². The Hall–Kier alpha value is -0.940. The Bertz CT molecular complexity index is 816. The molecule has 0 aromatic heterocycles. The smallest absolute Gasteiger partial charge is 0.0880 e. The zero-order valence-corrected chi connectivity index (χ0v) is 22.5. The quantitative estimate of drug-likeness (QED) is 0.341. The summed E-state index contributed by atoms with van der Waals surface area (Å²) in [6.45, 7) is 12.2. The predicted molar refractivity (Wildman–Crippen MR) is 142 cm³/mol. The lowest BCUT2D eigenvalue weighted by Gasteiger charge is -2.45. The Labute approximate surface area is 213 Å². The van der Waals surface area contributed by atoms with Crippen molar-refractivity contribution in [3.05, 3.63) is 35.5 Å². The summed E-state index contributed by atoms with van der Waals surface area (Å²) in [7, 11) is 0. The van der Waals surface area contributed by atoms with Crippen LogP contribution in [-0.2, 0) is 4.74 Å². The number of aliphatic hydroxyl groups excluding tert-OH is 2. The van der Waals surface area contributed by atoms with Crippen LogP contribution in [0.15, 0.2) is 35.5 Å². The maximum absolute atomic E-state index is 11.0. The summed E-state index contributed by atoms with van der Waals surface area (Å²) in [6, 6.07) is 0. The molecule has 0 aromatic rings. The van der Waals surface area contributed by atoms with Crippen molar-refractivity contribution in [2.45, 2.75) is 122 Å². The molecule has 4 fully saturated rings. The molecular weight excluding hydrogens is 436 g/mol. The van der Waals surface area contributed by atoms with Crippen molar-refractivity contribution in [2.24, 2.45) is 22.7 Å². The molecule has 3 N–H and O–H groups in total. The van der Waals surface area contributed by atoms with E-state index < -0.39 is 17.8 Å². The van der Waals surface area contributed by atoms with Gasteiger partial charge in [0.25, 0.3) is 0 Å². The van der Waals surface area contributed by atoms with E-state index in [9.17, 15) is 15.3 Å². The maximum atomic E-state index is 11.0. The molecule has 0 amide bonds. The van der Waals surface area contributed by atoms with Crippen molar-refractivity contribution in [3.8, 4) is 0 Å². The molecule has 4 rings (SSSR count). The molecule has 0 aromatic carbocycles. The highest BCUT2D eigenvalue weighted by Gasteiger charge is 2.61. The average molecular weight is 487 g/mol. The van der Waals surface area contributed by atoms with E-state index in [2.05, 4.69) is 39.5 Å². The van der Waals surface area contributed by atoms with Gasteiger partial charge in [0.05, 0.1) is 31.0 Å². The summed E-state index contributed by atoms with van der Waals surface area (Å²) in [6.07, 6.45) is 16.7. The highest BCUT2D eigenvalue weighted by atomic mass is 16.5. The molecule has 5 atom stereocenters. The number of fused-ring (bicyclic) bond motifs is 1. The molecule has 0 saturated heterocycles. The second-order valence-electron chi connectivity index (χ2n) is 12.7. The first-order valence-electron chi connectivity index (χ1n) is 14.4. The van der Waals surface area contributed by atoms with Crippen LogP contribution in [0, 0.1) is 22.7 Å². The highest BCUT2D eigenvalue weighted by molar-refractivity contribution is 5.38. The second-order valence-corrected chi connectivity index (χ2v) is 12.7. The van der Waals surface area contributed by atoms with Gasteiger partial charge in [-0.05, 0) is 98.0 Å². The number of allylic oxidation sites excluding steroid dienone is 3. The molecule has 0 spiro atoms. The standard InChI is InChI=1S/C31H50O4/c1-5-13-31(34,14-6-2)21-35-20-30(16-17-30)28-12-11-26-23(8-7-15-29(26,28)4)9-10-24-18-25(32)19-27(33)22(24)3/h9-10,25-28,32-34H,3,5-8,11-21H2,1-2,4H3/b23-9+,24-10-/t25-,26+,27+,28+,29+/m1/s1. The minimum atomic E-state index is -0.666. The van der Waals surface area contributed by atoms with E-state index in [4.69, 9.17) is 4.74 Å². The molecule has 0 heterocycles. The van der Waals surface area contributed by atoms with E-state index in [1.54, 1.807) is 5.57 Å². The van der Waals surface area contributed by atoms with Crippen molar-refractivity contribution in [3.63, 3.8) is 0 Å². The van der Waals surface area contributed by atoms with E-state index in [-0.39, 0.29) is 0 Å². The van der Waals surface area contributed by atoms with E-state index in [1.165, 1.54) is 38.5 Å². The Morgan fingerprint density at radius 3 is 2.46 bits per heavy atom. The van der Waals surface area contributed by atoms with E-state index >= 15 is 0 Å². The molecule has 4 saturated carbocycles. The van der Waals surface area contributed by atoms with Gasteiger partial charge >= 0.3 is 0 Å². The van der Waals surface area contributed by atoms with Crippen LogP contribution in [0.25, 0.3) is 0 Å². The normalized spacial score (nSPS) is 37.1. The lowest BCUT2D eigenvalue weighted by atomic mass is 9.60. The molecule has 4 aliphatic rings. The van der Waals surface area contributed by atoms with Gasteiger partial charge < -0.3 is 20.1 Å². The third-order valence-corrected chi connectivity index (χ3v) is 10.1. The molecule has 4 aliphatic carbocycles. The van der Waals surface area contributed by atoms with E-state index in [1.807, 2.05) is 0 Å². The van der Waals surface area contributed by atoms with Gasteiger partial charge in [0.2, 0.25) is 0 Å². The molecule has 0 aliphatic heterocycles. The van der Waals surface area contributed by atoms with Crippen molar-refractivity contribution in [1.29, 1.82) is 0 Å². The van der Waals surface area contributed by atoms with Crippen LogP contribution in [-0.4, -0.2) is 46.3 Å². The molecule has 0 unspecified atom stereocenters. The van der Waals surface area contributed by atoms with E-state index in [0.717, 1.165) is 49.9 Å². The topological polar surface area (TPSA) is 69.9 Å². The Morgan fingerprint density at radius 2 is 1.80 bits per heavy atom. The van der Waals surface area contributed by atoms with Crippen LogP contribution in [0.1, 0.15) is 104 Å². The summed E-state index contributed by atoms with van der Waals surface area (Å²) >= 11 is 0. The summed E-state index contributed by atoms with van der Waals surface area (Å²) < 4.78 is 6.32. The largest absolute Gasteiger partial charge is 0.393 e. The van der Waals surface area contributed by atoms with Gasteiger partial charge in [-0.15, -0.1) is 0 Å². The second kappa shape index (κ2) is 10.8. The molecule has 198 valence electrons. The summed E-state index contributed by atoms with van der Waals surface area (Å²) in [5.74, 6) is 1.30. The Balaban J connectivity index is 1.44. The van der Waals surface area contributed by atoms with Gasteiger partial charge in [-0.1, -0.05) is 57.9 Å². The van der Waals surface area contributed by atoms with Gasteiger partial charge in [0, 0.05) is 6.42 Å². The summed E-state index contributed by atoms with van der Waals surface area (Å²) in [4.78, 5) is 0. The van der Waals surface area contributed by atoms with Crippen molar-refractivity contribution in [1.82, 2.24) is 0 Å². The molecule has 4 heteroatoms. The molecule has 35 heavy (non-hydrogen) atoms. The first kappa shape index (κ1) is 27.1. The number of ether oxygens (including phenoxy) is 1. The number of aliphatic hydroxyl groups is 3. The van der Waals surface area contributed by atoms with Crippen LogP contribution < -0.4 is 0 Å². The minimum Gasteiger partial charge on any atom is -0.393 e. The first-order valence-corrected chi connectivity index (χ1v) is 14.4. The molecule has 0 radical (unpaired) electrons. The van der Waals surface area contributed by atoms with Crippen LogP contribution >= 0.6 is 0 Å². The Kier molecular flexibility index (Phi) is 8.37. The molecule has 0 bridgehead atoms. The Morgan fingerprint density at radius 1 is 1.09 bits per heavy atom. The lowest BCUT2D eigenvalue weighted by molar-refractivity contribution is -0.0781. The fourth-order valence-electron chi connectivity index (χ4n) is 8.11. The van der Waals surface area contributed by atoms with Crippen molar-refractivity contribution >= 4 is 0 Å². The van der Waals surface area contributed by atoms with E-state index in [0.29, 0.717) is 42.1 Å². The van der Waals surface area contributed by atoms with Gasteiger partial charge in [0.1, 0.15) is 0 Å².